The van der Waals surface area contributed by atoms with Gasteiger partial charge in [0.2, 0.25) is 5.91 Å². The van der Waals surface area contributed by atoms with E-state index in [0.717, 1.165) is 56.9 Å². The van der Waals surface area contributed by atoms with Gasteiger partial charge in [0.15, 0.2) is 0 Å². The first-order chi connectivity index (χ1) is 14.1. The summed E-state index contributed by atoms with van der Waals surface area (Å²) >= 11 is 0. The summed E-state index contributed by atoms with van der Waals surface area (Å²) in [7, 11) is 3.93. The molecule has 2 aromatic rings. The Morgan fingerprint density at radius 1 is 1.24 bits per heavy atom. The van der Waals surface area contributed by atoms with Gasteiger partial charge in [0.25, 0.3) is 0 Å². The van der Waals surface area contributed by atoms with Crippen LogP contribution in [-0.2, 0) is 17.9 Å². The van der Waals surface area contributed by atoms with Crippen LogP contribution in [0.2, 0.25) is 0 Å². The van der Waals surface area contributed by atoms with Gasteiger partial charge in [0.05, 0.1) is 13.7 Å². The van der Waals surface area contributed by atoms with Crippen LogP contribution in [0.25, 0.3) is 0 Å². The Hall–Kier alpha value is -2.38. The first kappa shape index (κ1) is 19.9. The van der Waals surface area contributed by atoms with Crippen LogP contribution >= 0.6 is 0 Å². The van der Waals surface area contributed by atoms with Gasteiger partial charge >= 0.3 is 0 Å². The molecule has 2 aliphatic rings. The van der Waals surface area contributed by atoms with Gasteiger partial charge in [-0.25, -0.2) is 0 Å². The maximum atomic E-state index is 11.9. The van der Waals surface area contributed by atoms with Gasteiger partial charge in [-0.3, -0.25) is 19.3 Å². The van der Waals surface area contributed by atoms with E-state index in [2.05, 4.69) is 45.5 Å². The molecule has 0 aliphatic carbocycles. The number of carbonyl (C=O) groups is 1. The van der Waals surface area contributed by atoms with E-state index in [0.29, 0.717) is 13.0 Å². The van der Waals surface area contributed by atoms with Gasteiger partial charge in [0, 0.05) is 62.6 Å². The molecule has 1 N–H and O–H groups in total. The monoisotopic (exact) mass is 397 g/mol. The molecule has 2 aliphatic heterocycles. The van der Waals surface area contributed by atoms with Crippen molar-refractivity contribution in [1.82, 2.24) is 24.9 Å². The van der Waals surface area contributed by atoms with Crippen LogP contribution in [0, 0.1) is 0 Å². The highest BCUT2D eigenvalue weighted by atomic mass is 16.5. The second-order valence-corrected chi connectivity index (χ2v) is 8.31. The number of hydrogen-bond acceptors (Lipinski definition) is 5. The number of benzene rings is 1. The maximum Gasteiger partial charge on any atom is 0.220 e. The molecular weight excluding hydrogens is 366 g/mol. The summed E-state index contributed by atoms with van der Waals surface area (Å²) in [6.45, 7) is 5.45. The third-order valence-corrected chi connectivity index (χ3v) is 6.45. The zero-order chi connectivity index (χ0) is 20.3. The lowest BCUT2D eigenvalue weighted by molar-refractivity contribution is -0.121. The molecule has 7 heteroatoms. The number of carbonyl (C=O) groups excluding carboxylic acids is 1. The molecule has 0 radical (unpaired) electrons. The summed E-state index contributed by atoms with van der Waals surface area (Å²) in [4.78, 5) is 16.9. The topological polar surface area (TPSA) is 62.6 Å². The fourth-order valence-corrected chi connectivity index (χ4v) is 4.69. The Kier molecular flexibility index (Phi) is 5.87. The number of nitrogens with zero attached hydrogens (tertiary/aromatic N) is 4. The van der Waals surface area contributed by atoms with Crippen LogP contribution in [0.5, 0.6) is 5.75 Å². The number of likely N-dealkylation sites (N-methyl/N-ethyl adjacent to an activating group) is 1. The smallest absolute Gasteiger partial charge is 0.220 e. The molecule has 1 amide bonds. The lowest BCUT2D eigenvalue weighted by Gasteiger charge is -2.49. The first-order valence-corrected chi connectivity index (χ1v) is 10.4. The number of methoxy groups -OCH3 is 1. The van der Waals surface area contributed by atoms with Crippen molar-refractivity contribution in [2.75, 3.05) is 40.3 Å². The van der Waals surface area contributed by atoms with E-state index in [9.17, 15) is 4.79 Å². The second kappa shape index (κ2) is 8.55. The lowest BCUT2D eigenvalue weighted by Crippen LogP contribution is -2.60. The molecule has 29 heavy (non-hydrogen) atoms. The predicted octanol–water partition coefficient (Wildman–Crippen LogP) is 1.73. The largest absolute Gasteiger partial charge is 0.496 e. The molecule has 7 nitrogen and oxygen atoms in total. The Morgan fingerprint density at radius 3 is 2.93 bits per heavy atom. The molecule has 2 saturated heterocycles. The zero-order valence-electron chi connectivity index (χ0n) is 17.4. The number of amides is 1. The molecule has 0 bridgehead atoms. The minimum atomic E-state index is 0.0851. The molecule has 1 atom stereocenters. The zero-order valence-corrected chi connectivity index (χ0v) is 17.4. The Morgan fingerprint density at radius 2 is 2.14 bits per heavy atom. The van der Waals surface area contributed by atoms with Crippen molar-refractivity contribution in [3.05, 3.63) is 47.8 Å². The van der Waals surface area contributed by atoms with Crippen molar-refractivity contribution in [2.24, 2.45) is 0 Å². The normalized spacial score (nSPS) is 23.7. The molecular formula is C22H31N5O2. The number of rotatable bonds is 5. The van der Waals surface area contributed by atoms with Gasteiger partial charge < -0.3 is 10.1 Å². The molecule has 3 heterocycles. The number of piperazine rings is 1. The molecule has 2 fully saturated rings. The highest BCUT2D eigenvalue weighted by Crippen LogP contribution is 2.31. The van der Waals surface area contributed by atoms with Crippen LogP contribution < -0.4 is 10.1 Å². The van der Waals surface area contributed by atoms with Gasteiger partial charge in [0.1, 0.15) is 5.75 Å². The average Bonchev–Trinajstić information content (AvgIpc) is 3.15. The molecule has 156 valence electrons. The Balaban J connectivity index is 1.49. The van der Waals surface area contributed by atoms with Crippen LogP contribution in [-0.4, -0.2) is 71.4 Å². The average molecular weight is 398 g/mol. The molecule has 1 aromatic heterocycles. The second-order valence-electron chi connectivity index (χ2n) is 8.31. The fourth-order valence-electron chi connectivity index (χ4n) is 4.69. The van der Waals surface area contributed by atoms with Crippen molar-refractivity contribution in [3.8, 4) is 5.75 Å². The minimum Gasteiger partial charge on any atom is -0.496 e. The molecule has 1 unspecified atom stereocenters. The highest BCUT2D eigenvalue weighted by molar-refractivity contribution is 5.76. The van der Waals surface area contributed by atoms with E-state index in [1.54, 1.807) is 13.3 Å². The maximum absolute atomic E-state index is 11.9. The molecule has 1 aromatic carbocycles. The van der Waals surface area contributed by atoms with Crippen LogP contribution in [0.1, 0.15) is 30.4 Å². The van der Waals surface area contributed by atoms with E-state index < -0.39 is 0 Å². The van der Waals surface area contributed by atoms with Crippen LogP contribution in [0.4, 0.5) is 0 Å². The van der Waals surface area contributed by atoms with E-state index in [-0.39, 0.29) is 11.4 Å². The van der Waals surface area contributed by atoms with Crippen LogP contribution in [0.3, 0.4) is 0 Å². The number of nitrogens with one attached hydrogen (secondary N) is 1. The van der Waals surface area contributed by atoms with Crippen molar-refractivity contribution in [3.63, 3.8) is 0 Å². The van der Waals surface area contributed by atoms with Gasteiger partial charge in [-0.05, 0) is 43.7 Å². The number of hydrogen-bond donors (Lipinski definition) is 1. The summed E-state index contributed by atoms with van der Waals surface area (Å²) in [5.74, 6) is 1.08. The molecule has 0 saturated carbocycles. The third kappa shape index (κ3) is 4.46. The Bertz CT molecular complexity index is 838. The molecule has 4 rings (SSSR count). The minimum absolute atomic E-state index is 0.0851. The summed E-state index contributed by atoms with van der Waals surface area (Å²) in [5, 5.41) is 7.36. The highest BCUT2D eigenvalue weighted by Gasteiger charge is 2.40. The third-order valence-electron chi connectivity index (χ3n) is 6.45. The SMILES string of the molecule is COc1ccc(CN2CCN(C)C3(CCNC(=O)CC3)C2)cc1Cn1cccn1. The lowest BCUT2D eigenvalue weighted by atomic mass is 9.86. The first-order valence-electron chi connectivity index (χ1n) is 10.4. The standard InChI is InChI=1S/C22H31N5O2/c1-25-12-13-26(17-22(25)7-6-21(28)23-10-8-22)15-18-4-5-20(29-2)19(14-18)16-27-11-3-9-24-27/h3-5,9,11,14H,6-8,10,12-13,15-17H2,1-2H3,(H,23,28). The number of aromatic nitrogens is 2. The van der Waals surface area contributed by atoms with Crippen molar-refractivity contribution in [1.29, 1.82) is 0 Å². The number of ether oxygens (including phenoxy) is 1. The van der Waals surface area contributed by atoms with Gasteiger partial charge in [-0.2, -0.15) is 5.10 Å². The summed E-state index contributed by atoms with van der Waals surface area (Å²) in [6.07, 6.45) is 6.33. The van der Waals surface area contributed by atoms with E-state index in [1.165, 1.54) is 5.56 Å². The van der Waals surface area contributed by atoms with E-state index in [1.807, 2.05) is 16.9 Å². The predicted molar refractivity (Wildman–Crippen MR) is 112 cm³/mol. The quantitative estimate of drug-likeness (QED) is 0.833. The van der Waals surface area contributed by atoms with Gasteiger partial charge in [-0.15, -0.1) is 0 Å². The summed E-state index contributed by atoms with van der Waals surface area (Å²) < 4.78 is 7.49. The van der Waals surface area contributed by atoms with Crippen molar-refractivity contribution >= 4 is 5.91 Å². The van der Waals surface area contributed by atoms with Gasteiger partial charge in [-0.1, -0.05) is 6.07 Å². The van der Waals surface area contributed by atoms with Crippen molar-refractivity contribution < 1.29 is 9.53 Å². The van der Waals surface area contributed by atoms with E-state index in [4.69, 9.17) is 4.74 Å². The summed E-state index contributed by atoms with van der Waals surface area (Å²) in [5.41, 5.74) is 2.51. The van der Waals surface area contributed by atoms with Crippen LogP contribution in [0.15, 0.2) is 36.7 Å². The van der Waals surface area contributed by atoms with E-state index >= 15 is 0 Å². The van der Waals surface area contributed by atoms with Crippen molar-refractivity contribution in [2.45, 2.75) is 37.9 Å². The molecule has 1 spiro atoms. The Labute approximate surface area is 172 Å². The fraction of sp³-hybridized carbons (Fsp3) is 0.545. The summed E-state index contributed by atoms with van der Waals surface area (Å²) in [6, 6.07) is 8.40.